The Kier molecular flexibility index (Phi) is 6.47. The molecule has 0 spiro atoms. The highest BCUT2D eigenvalue weighted by Gasteiger charge is 2.13. The fourth-order valence-electron chi connectivity index (χ4n) is 4.17. The first-order valence-electron chi connectivity index (χ1n) is 11.6. The second kappa shape index (κ2) is 9.99. The average molecular weight is 443 g/mol. The van der Waals surface area contributed by atoms with Crippen LogP contribution in [-0.2, 0) is 13.2 Å². The highest BCUT2D eigenvalue weighted by molar-refractivity contribution is 6.02. The van der Waals surface area contributed by atoms with E-state index < -0.39 is 5.82 Å². The Bertz CT molecular complexity index is 1080. The SMILES string of the molecule is Fc1c(OCc2ccc(C3=NCCC3)cc2)cccc1OCc1ccc(C2=NCCC2)cc1. The molecule has 0 radical (unpaired) electrons. The first kappa shape index (κ1) is 21.4. The van der Waals surface area contributed by atoms with E-state index in [4.69, 9.17) is 9.47 Å². The first-order chi connectivity index (χ1) is 16.3. The zero-order chi connectivity index (χ0) is 22.5. The molecule has 5 heteroatoms. The Morgan fingerprint density at radius 1 is 0.636 bits per heavy atom. The zero-order valence-electron chi connectivity index (χ0n) is 18.6. The molecule has 0 atom stereocenters. The largest absolute Gasteiger partial charge is 0.486 e. The van der Waals surface area contributed by atoms with E-state index in [0.717, 1.165) is 61.0 Å². The number of benzene rings is 3. The lowest BCUT2D eigenvalue weighted by Gasteiger charge is -2.12. The maximum absolute atomic E-state index is 14.9. The molecule has 0 fully saturated rings. The van der Waals surface area contributed by atoms with E-state index in [2.05, 4.69) is 34.3 Å². The van der Waals surface area contributed by atoms with Crippen LogP contribution in [0.5, 0.6) is 11.5 Å². The second-order valence-corrected chi connectivity index (χ2v) is 8.40. The van der Waals surface area contributed by atoms with Crippen LogP contribution >= 0.6 is 0 Å². The van der Waals surface area contributed by atoms with Crippen LogP contribution < -0.4 is 9.47 Å². The van der Waals surface area contributed by atoms with Gasteiger partial charge in [0.15, 0.2) is 11.5 Å². The van der Waals surface area contributed by atoms with Crippen molar-refractivity contribution in [3.63, 3.8) is 0 Å². The van der Waals surface area contributed by atoms with Crippen molar-refractivity contribution in [3.8, 4) is 11.5 Å². The van der Waals surface area contributed by atoms with Gasteiger partial charge in [-0.05, 0) is 60.1 Å². The molecule has 2 aliphatic rings. The van der Waals surface area contributed by atoms with Crippen molar-refractivity contribution < 1.29 is 13.9 Å². The van der Waals surface area contributed by atoms with E-state index in [-0.39, 0.29) is 11.5 Å². The van der Waals surface area contributed by atoms with Crippen molar-refractivity contribution in [2.75, 3.05) is 13.1 Å². The molecule has 0 aliphatic carbocycles. The van der Waals surface area contributed by atoms with Gasteiger partial charge in [0.2, 0.25) is 5.82 Å². The van der Waals surface area contributed by atoms with E-state index in [1.165, 1.54) is 11.4 Å². The van der Waals surface area contributed by atoms with Crippen LogP contribution in [0.4, 0.5) is 4.39 Å². The topological polar surface area (TPSA) is 43.2 Å². The number of aliphatic imine (C=N–C) groups is 2. The Hall–Kier alpha value is -3.47. The van der Waals surface area contributed by atoms with Crippen LogP contribution in [0.3, 0.4) is 0 Å². The highest BCUT2D eigenvalue weighted by atomic mass is 19.1. The lowest BCUT2D eigenvalue weighted by atomic mass is 10.1. The van der Waals surface area contributed by atoms with Crippen LogP contribution in [0, 0.1) is 5.82 Å². The molecule has 0 saturated heterocycles. The maximum atomic E-state index is 14.9. The summed E-state index contributed by atoms with van der Waals surface area (Å²) in [5, 5.41) is 0. The van der Waals surface area contributed by atoms with Gasteiger partial charge in [0.05, 0.1) is 0 Å². The zero-order valence-corrected chi connectivity index (χ0v) is 18.6. The molecule has 0 unspecified atom stereocenters. The molecular weight excluding hydrogens is 415 g/mol. The maximum Gasteiger partial charge on any atom is 0.206 e. The number of ether oxygens (including phenoxy) is 2. The molecule has 168 valence electrons. The smallest absolute Gasteiger partial charge is 0.206 e. The summed E-state index contributed by atoms with van der Waals surface area (Å²) in [6, 6.07) is 21.3. The molecule has 0 amide bonds. The summed E-state index contributed by atoms with van der Waals surface area (Å²) in [4.78, 5) is 9.06. The lowest BCUT2D eigenvalue weighted by molar-refractivity contribution is 0.263. The molecule has 2 heterocycles. The monoisotopic (exact) mass is 442 g/mol. The van der Waals surface area contributed by atoms with E-state index in [1.54, 1.807) is 18.2 Å². The lowest BCUT2D eigenvalue weighted by Crippen LogP contribution is -2.02. The minimum absolute atomic E-state index is 0.186. The van der Waals surface area contributed by atoms with Gasteiger partial charge in [-0.15, -0.1) is 0 Å². The number of halogens is 1. The first-order valence-corrected chi connectivity index (χ1v) is 11.6. The van der Waals surface area contributed by atoms with E-state index in [0.29, 0.717) is 13.2 Å². The third kappa shape index (κ3) is 5.14. The van der Waals surface area contributed by atoms with Crippen molar-refractivity contribution in [1.29, 1.82) is 0 Å². The van der Waals surface area contributed by atoms with E-state index in [9.17, 15) is 4.39 Å². The third-order valence-electron chi connectivity index (χ3n) is 6.04. The molecule has 2 aliphatic heterocycles. The van der Waals surface area contributed by atoms with Crippen LogP contribution in [0.15, 0.2) is 76.7 Å². The summed E-state index contributed by atoms with van der Waals surface area (Å²) < 4.78 is 26.4. The summed E-state index contributed by atoms with van der Waals surface area (Å²) in [5.41, 5.74) is 6.61. The van der Waals surface area contributed by atoms with Gasteiger partial charge in [0.1, 0.15) is 13.2 Å². The Morgan fingerprint density at radius 2 is 1.09 bits per heavy atom. The Balaban J connectivity index is 1.18. The van der Waals surface area contributed by atoms with Gasteiger partial charge in [-0.1, -0.05) is 54.6 Å². The highest BCUT2D eigenvalue weighted by Crippen LogP contribution is 2.28. The summed E-state index contributed by atoms with van der Waals surface area (Å²) in [6.45, 7) is 2.41. The normalized spacial score (nSPS) is 15.3. The minimum atomic E-state index is -0.480. The predicted octanol–water partition coefficient (Wildman–Crippen LogP) is 6.15. The molecule has 3 aromatic carbocycles. The molecule has 0 aromatic heterocycles. The number of nitrogens with zero attached hydrogens (tertiary/aromatic N) is 2. The van der Waals surface area contributed by atoms with Crippen molar-refractivity contribution >= 4 is 11.4 Å². The second-order valence-electron chi connectivity index (χ2n) is 8.40. The molecule has 0 N–H and O–H groups in total. The van der Waals surface area contributed by atoms with E-state index in [1.807, 2.05) is 24.3 Å². The standard InChI is InChI=1S/C28H27FN2O2/c29-28-26(32-18-20-8-12-22(13-9-20)24-4-2-16-30-24)6-1-7-27(28)33-19-21-10-14-23(15-11-21)25-5-3-17-31-25/h1,6-15H,2-5,16-19H2. The molecular formula is C28H27FN2O2. The summed E-state index contributed by atoms with van der Waals surface area (Å²) in [7, 11) is 0. The van der Waals surface area contributed by atoms with Crippen molar-refractivity contribution in [2.24, 2.45) is 9.98 Å². The van der Waals surface area contributed by atoms with Crippen LogP contribution in [0.2, 0.25) is 0 Å². The summed E-state index contributed by atoms with van der Waals surface area (Å²) >= 11 is 0. The Morgan fingerprint density at radius 3 is 1.48 bits per heavy atom. The van der Waals surface area contributed by atoms with Gasteiger partial charge >= 0.3 is 0 Å². The average Bonchev–Trinajstić information content (AvgIpc) is 3.58. The third-order valence-corrected chi connectivity index (χ3v) is 6.04. The van der Waals surface area contributed by atoms with Crippen LogP contribution in [0.1, 0.15) is 47.9 Å². The van der Waals surface area contributed by atoms with Gasteiger partial charge < -0.3 is 9.47 Å². The van der Waals surface area contributed by atoms with Crippen LogP contribution in [-0.4, -0.2) is 24.5 Å². The molecule has 4 nitrogen and oxygen atoms in total. The molecule has 5 rings (SSSR count). The van der Waals surface area contributed by atoms with Gasteiger partial charge in [0, 0.05) is 24.5 Å². The van der Waals surface area contributed by atoms with Crippen molar-refractivity contribution in [1.82, 2.24) is 0 Å². The molecule has 33 heavy (non-hydrogen) atoms. The van der Waals surface area contributed by atoms with Gasteiger partial charge in [-0.25, -0.2) is 0 Å². The van der Waals surface area contributed by atoms with Crippen LogP contribution in [0.25, 0.3) is 0 Å². The number of rotatable bonds is 8. The van der Waals surface area contributed by atoms with Gasteiger partial charge in [0.25, 0.3) is 0 Å². The van der Waals surface area contributed by atoms with Crippen molar-refractivity contribution in [2.45, 2.75) is 38.9 Å². The summed E-state index contributed by atoms with van der Waals surface area (Å²) in [5.74, 6) is -0.107. The molecule has 3 aromatic rings. The quantitative estimate of drug-likeness (QED) is 0.420. The molecule has 0 saturated carbocycles. The van der Waals surface area contributed by atoms with Crippen molar-refractivity contribution in [3.05, 3.63) is 94.8 Å². The minimum Gasteiger partial charge on any atom is -0.486 e. The fraction of sp³-hybridized carbons (Fsp3) is 0.286. The summed E-state index contributed by atoms with van der Waals surface area (Å²) in [6.07, 6.45) is 4.32. The fourth-order valence-corrected chi connectivity index (χ4v) is 4.17. The van der Waals surface area contributed by atoms with E-state index >= 15 is 0 Å². The number of hydrogen-bond acceptors (Lipinski definition) is 4. The Labute approximate surface area is 193 Å². The van der Waals surface area contributed by atoms with Gasteiger partial charge in [-0.2, -0.15) is 4.39 Å². The predicted molar refractivity (Wildman–Crippen MR) is 129 cm³/mol. The molecule has 0 bridgehead atoms. The van der Waals surface area contributed by atoms with Gasteiger partial charge in [-0.3, -0.25) is 9.98 Å². The number of hydrogen-bond donors (Lipinski definition) is 0.